The van der Waals surface area contributed by atoms with E-state index in [1.54, 1.807) is 0 Å². The van der Waals surface area contributed by atoms with Gasteiger partial charge in [-0.1, -0.05) is 38.2 Å². The Balaban J connectivity index is 2.15. The molecule has 0 aromatic rings. The van der Waals surface area contributed by atoms with E-state index in [2.05, 4.69) is 33.4 Å². The predicted octanol–water partition coefficient (Wildman–Crippen LogP) is 3.92. The molecule has 2 rings (SSSR count). The fraction of sp³-hybridized carbons (Fsp3) is 0.700. The number of hydrogen-bond donors (Lipinski definition) is 2. The van der Waals surface area contributed by atoms with Crippen molar-refractivity contribution in [2.45, 2.75) is 77.1 Å². The maximum atomic E-state index is 10.4. The van der Waals surface area contributed by atoms with E-state index in [-0.39, 0.29) is 12.2 Å². The summed E-state index contributed by atoms with van der Waals surface area (Å²) in [5.74, 6) is 0.423. The van der Waals surface area contributed by atoms with E-state index in [1.165, 1.54) is 5.57 Å². The molecule has 2 aliphatic rings. The van der Waals surface area contributed by atoms with Crippen LogP contribution in [0.4, 0.5) is 0 Å². The van der Waals surface area contributed by atoms with Crippen molar-refractivity contribution in [1.82, 2.24) is 0 Å². The number of fused-ring (bicyclic) bond motifs is 1. The van der Waals surface area contributed by atoms with Gasteiger partial charge >= 0.3 is 0 Å². The molecule has 1 saturated heterocycles. The molecule has 1 aliphatic carbocycles. The molecule has 3 heteroatoms. The van der Waals surface area contributed by atoms with Crippen molar-refractivity contribution in [2.75, 3.05) is 6.61 Å². The van der Waals surface area contributed by atoms with Crippen molar-refractivity contribution in [1.29, 1.82) is 0 Å². The highest BCUT2D eigenvalue weighted by atomic mass is 16.6. The quantitative estimate of drug-likeness (QED) is 0.599. The van der Waals surface area contributed by atoms with Crippen molar-refractivity contribution in [3.8, 4) is 0 Å². The molecule has 1 heterocycles. The zero-order chi connectivity index (χ0) is 17.0. The Kier molecular flexibility index (Phi) is 6.24. The van der Waals surface area contributed by atoms with Crippen LogP contribution in [0.2, 0.25) is 0 Å². The van der Waals surface area contributed by atoms with Gasteiger partial charge in [-0.3, -0.25) is 0 Å². The van der Waals surface area contributed by atoms with Gasteiger partial charge in [0, 0.05) is 0 Å². The Morgan fingerprint density at radius 2 is 2.09 bits per heavy atom. The monoisotopic (exact) mass is 320 g/mol. The third-order valence-electron chi connectivity index (χ3n) is 5.31. The van der Waals surface area contributed by atoms with E-state index in [4.69, 9.17) is 4.74 Å². The second-order valence-electron chi connectivity index (χ2n) is 7.52. The van der Waals surface area contributed by atoms with Gasteiger partial charge in [0.2, 0.25) is 0 Å². The molecule has 0 amide bonds. The molecule has 3 atom stereocenters. The van der Waals surface area contributed by atoms with Crippen LogP contribution in [0.3, 0.4) is 0 Å². The molecule has 2 N–H and O–H groups in total. The van der Waals surface area contributed by atoms with Gasteiger partial charge in [-0.05, 0) is 62.5 Å². The molecular formula is C20H32O3. The van der Waals surface area contributed by atoms with Crippen molar-refractivity contribution in [3.63, 3.8) is 0 Å². The maximum Gasteiger partial charge on any atom is 0.0932 e. The number of hydrogen-bond acceptors (Lipinski definition) is 3. The Morgan fingerprint density at radius 1 is 1.35 bits per heavy atom. The first-order valence-corrected chi connectivity index (χ1v) is 8.88. The zero-order valence-electron chi connectivity index (χ0n) is 14.8. The van der Waals surface area contributed by atoms with Gasteiger partial charge in [0.15, 0.2) is 0 Å². The van der Waals surface area contributed by atoms with Crippen LogP contribution in [-0.2, 0) is 4.74 Å². The van der Waals surface area contributed by atoms with Crippen LogP contribution >= 0.6 is 0 Å². The number of aliphatic hydroxyl groups is 2. The second-order valence-corrected chi connectivity index (χ2v) is 7.52. The molecule has 0 spiro atoms. The number of epoxide rings is 1. The maximum absolute atomic E-state index is 10.4. The summed E-state index contributed by atoms with van der Waals surface area (Å²) < 4.78 is 5.93. The zero-order valence-corrected chi connectivity index (χ0v) is 14.8. The summed E-state index contributed by atoms with van der Waals surface area (Å²) >= 11 is 0. The molecule has 1 aliphatic heterocycles. The first-order valence-electron chi connectivity index (χ1n) is 8.88. The molecule has 0 aromatic carbocycles. The molecule has 3 nitrogen and oxygen atoms in total. The molecule has 3 unspecified atom stereocenters. The lowest BCUT2D eigenvalue weighted by atomic mass is 9.89. The Hall–Kier alpha value is -0.900. The molecule has 0 radical (unpaired) electrons. The van der Waals surface area contributed by atoms with Crippen LogP contribution in [-0.4, -0.2) is 34.6 Å². The van der Waals surface area contributed by atoms with Gasteiger partial charge in [0.05, 0.1) is 24.4 Å². The first-order chi connectivity index (χ1) is 10.9. The van der Waals surface area contributed by atoms with Crippen LogP contribution in [0.5, 0.6) is 0 Å². The fourth-order valence-electron chi connectivity index (χ4n) is 3.32. The van der Waals surface area contributed by atoms with Gasteiger partial charge < -0.3 is 14.9 Å². The summed E-state index contributed by atoms with van der Waals surface area (Å²) in [5, 5.41) is 19.9. The highest BCUT2D eigenvalue weighted by Gasteiger charge is 2.50. The van der Waals surface area contributed by atoms with Crippen LogP contribution in [0.15, 0.2) is 35.5 Å². The highest BCUT2D eigenvalue weighted by molar-refractivity contribution is 5.19. The second kappa shape index (κ2) is 7.78. The summed E-state index contributed by atoms with van der Waals surface area (Å²) in [6, 6.07) is 0. The van der Waals surface area contributed by atoms with Crippen molar-refractivity contribution < 1.29 is 14.9 Å². The smallest absolute Gasteiger partial charge is 0.0932 e. The highest BCUT2D eigenvalue weighted by Crippen LogP contribution is 2.44. The van der Waals surface area contributed by atoms with E-state index in [0.29, 0.717) is 12.0 Å². The molecule has 130 valence electrons. The van der Waals surface area contributed by atoms with Crippen molar-refractivity contribution in [2.24, 2.45) is 5.92 Å². The van der Waals surface area contributed by atoms with Crippen LogP contribution < -0.4 is 0 Å². The van der Waals surface area contributed by atoms with E-state index >= 15 is 0 Å². The normalized spacial score (nSPS) is 33.6. The fourth-order valence-corrected chi connectivity index (χ4v) is 3.32. The molecule has 0 aromatic heterocycles. The minimum Gasteiger partial charge on any atom is -0.392 e. The Morgan fingerprint density at radius 3 is 2.74 bits per heavy atom. The van der Waals surface area contributed by atoms with Crippen molar-refractivity contribution >= 4 is 0 Å². The van der Waals surface area contributed by atoms with Gasteiger partial charge in [0.1, 0.15) is 0 Å². The number of rotatable bonds is 2. The number of ether oxygens (including phenoxy) is 1. The summed E-state index contributed by atoms with van der Waals surface area (Å²) in [6.45, 7) is 10.7. The Labute approximate surface area is 140 Å². The molecular weight excluding hydrogens is 288 g/mol. The van der Waals surface area contributed by atoms with E-state index < -0.39 is 6.10 Å². The number of allylic oxidation sites excluding steroid dienone is 2. The van der Waals surface area contributed by atoms with Crippen LogP contribution in [0.1, 0.15) is 59.3 Å². The van der Waals surface area contributed by atoms with E-state index in [9.17, 15) is 10.2 Å². The van der Waals surface area contributed by atoms with Gasteiger partial charge in [-0.15, -0.1) is 0 Å². The van der Waals surface area contributed by atoms with Crippen LogP contribution in [0, 0.1) is 5.92 Å². The lowest BCUT2D eigenvalue weighted by molar-refractivity contribution is 0.252. The largest absolute Gasteiger partial charge is 0.392 e. The lowest BCUT2D eigenvalue weighted by Gasteiger charge is -2.18. The molecule has 1 fully saturated rings. The van der Waals surface area contributed by atoms with Gasteiger partial charge in [-0.2, -0.15) is 0 Å². The van der Waals surface area contributed by atoms with E-state index in [0.717, 1.165) is 49.7 Å². The van der Waals surface area contributed by atoms with E-state index in [1.807, 2.05) is 6.08 Å². The van der Waals surface area contributed by atoms with Gasteiger partial charge in [-0.25, -0.2) is 0 Å². The minimum atomic E-state index is -0.579. The average molecular weight is 320 g/mol. The van der Waals surface area contributed by atoms with Gasteiger partial charge in [0.25, 0.3) is 0 Å². The standard InChI is InChI=1S/C20H32O3/c1-14(2)17-10-11-20(4)19(23-20)9-8-16(13-21)7-5-6-15(3)18(22)12-17/h7,12,14,18-19,21-22H,3,5-6,8-11,13H2,1-2,4H3. The number of aliphatic hydroxyl groups excluding tert-OH is 2. The summed E-state index contributed by atoms with van der Waals surface area (Å²) in [6.07, 6.45) is 9.18. The van der Waals surface area contributed by atoms with Crippen LogP contribution in [0.25, 0.3) is 0 Å². The first kappa shape index (κ1) is 18.4. The summed E-state index contributed by atoms with van der Waals surface area (Å²) in [4.78, 5) is 0. The molecule has 0 bridgehead atoms. The third-order valence-corrected chi connectivity index (χ3v) is 5.31. The topological polar surface area (TPSA) is 53.0 Å². The SMILES string of the molecule is C=C1CCC=C(CO)CCC2OC2(C)CCC(C(C)C)=CC1O. The third kappa shape index (κ3) is 5.03. The molecule has 23 heavy (non-hydrogen) atoms. The lowest BCUT2D eigenvalue weighted by Crippen LogP contribution is -2.14. The predicted molar refractivity (Wildman–Crippen MR) is 94.2 cm³/mol. The van der Waals surface area contributed by atoms with Crippen molar-refractivity contribution in [3.05, 3.63) is 35.5 Å². The summed E-state index contributed by atoms with van der Waals surface area (Å²) in [5.41, 5.74) is 3.17. The average Bonchev–Trinajstić information content (AvgIpc) is 3.16. The Bertz CT molecular complexity index is 489. The molecule has 0 saturated carbocycles. The summed E-state index contributed by atoms with van der Waals surface area (Å²) in [7, 11) is 0. The minimum absolute atomic E-state index is 0.0410.